The van der Waals surface area contributed by atoms with Gasteiger partial charge in [0.25, 0.3) is 5.56 Å². The number of thiazole rings is 1. The highest BCUT2D eigenvalue weighted by atomic mass is 32.1. The summed E-state index contributed by atoms with van der Waals surface area (Å²) in [5.74, 6) is -0.438. The molecule has 0 bridgehead atoms. The lowest BCUT2D eigenvalue weighted by Crippen LogP contribution is -2.25. The molecule has 0 atom stereocenters. The van der Waals surface area contributed by atoms with Gasteiger partial charge in [0, 0.05) is 43.6 Å². The Labute approximate surface area is 167 Å². The summed E-state index contributed by atoms with van der Waals surface area (Å²) in [6.45, 7) is 0.888. The van der Waals surface area contributed by atoms with E-state index in [2.05, 4.69) is 20.6 Å². The summed E-state index contributed by atoms with van der Waals surface area (Å²) in [6.07, 6.45) is 3.27. The lowest BCUT2D eigenvalue weighted by atomic mass is 10.2. The maximum absolute atomic E-state index is 13.6. The van der Waals surface area contributed by atoms with Crippen LogP contribution >= 0.6 is 11.3 Å². The van der Waals surface area contributed by atoms with Crippen LogP contribution in [0.4, 0.5) is 10.2 Å². The monoisotopic (exact) mass is 412 g/mol. The second kappa shape index (κ2) is 6.62. The molecule has 11 heteroatoms. The van der Waals surface area contributed by atoms with E-state index < -0.39 is 5.82 Å². The Morgan fingerprint density at radius 3 is 2.97 bits per heavy atom. The molecule has 0 saturated heterocycles. The van der Waals surface area contributed by atoms with Gasteiger partial charge in [-0.2, -0.15) is 10.2 Å². The van der Waals surface area contributed by atoms with Crippen LogP contribution in [0.3, 0.4) is 0 Å². The minimum absolute atomic E-state index is 0.0288. The molecule has 0 aromatic carbocycles. The SMILES string of the molecule is Cn1c2nc(CC3=NNCC3)sc2c2cnn(Cc3cc(F)cc(N)n3)c(=O)c21. The average molecular weight is 412 g/mol. The molecule has 4 aromatic heterocycles. The number of nitrogens with two attached hydrogens (primary N) is 1. The number of nitrogen functional groups attached to an aromatic ring is 1. The van der Waals surface area contributed by atoms with Gasteiger partial charge in [-0.3, -0.25) is 4.79 Å². The van der Waals surface area contributed by atoms with Crippen molar-refractivity contribution in [2.24, 2.45) is 12.1 Å². The first-order valence-corrected chi connectivity index (χ1v) is 9.85. The Balaban J connectivity index is 1.56. The summed E-state index contributed by atoms with van der Waals surface area (Å²) in [6, 6.07) is 2.37. The van der Waals surface area contributed by atoms with E-state index in [1.54, 1.807) is 22.1 Å². The standard InChI is InChI=1S/C18H17FN8OS/c1-26-15-12(16-17(26)24-14(29-16)6-10-2-3-21-25-10)7-22-27(18(15)28)8-11-4-9(19)5-13(20)23-11/h4-5,7,21H,2-3,6,8H2,1H3,(H2,20,23). The smallest absolute Gasteiger partial charge is 0.291 e. The van der Waals surface area contributed by atoms with Gasteiger partial charge in [0.1, 0.15) is 22.2 Å². The molecule has 0 spiro atoms. The van der Waals surface area contributed by atoms with Gasteiger partial charge in [-0.05, 0) is 6.07 Å². The molecule has 0 saturated carbocycles. The van der Waals surface area contributed by atoms with Crippen LogP contribution in [-0.4, -0.2) is 36.6 Å². The van der Waals surface area contributed by atoms with Crippen LogP contribution < -0.4 is 16.7 Å². The van der Waals surface area contributed by atoms with Gasteiger partial charge >= 0.3 is 0 Å². The van der Waals surface area contributed by atoms with Gasteiger partial charge in [0.2, 0.25) is 0 Å². The number of nitrogens with zero attached hydrogens (tertiary/aromatic N) is 6. The third-order valence-corrected chi connectivity index (χ3v) is 5.94. The predicted molar refractivity (Wildman–Crippen MR) is 110 cm³/mol. The Kier molecular flexibility index (Phi) is 4.05. The number of pyridine rings is 1. The van der Waals surface area contributed by atoms with Gasteiger partial charge in [0.15, 0.2) is 5.65 Å². The van der Waals surface area contributed by atoms with E-state index in [1.807, 2.05) is 7.05 Å². The van der Waals surface area contributed by atoms with Crippen LogP contribution in [0.25, 0.3) is 21.3 Å². The number of aromatic nitrogens is 5. The molecule has 5 heterocycles. The number of halogens is 1. The molecule has 1 aliphatic rings. The van der Waals surface area contributed by atoms with Crippen LogP contribution in [0.5, 0.6) is 0 Å². The number of hydrazone groups is 1. The van der Waals surface area contributed by atoms with Crippen molar-refractivity contribution in [2.45, 2.75) is 19.4 Å². The molecular formula is C18H17FN8OS. The quantitative estimate of drug-likeness (QED) is 0.523. The van der Waals surface area contributed by atoms with Crippen LogP contribution in [0, 0.1) is 5.82 Å². The first kappa shape index (κ1) is 17.7. The first-order valence-electron chi connectivity index (χ1n) is 9.04. The van der Waals surface area contributed by atoms with Crippen molar-refractivity contribution in [3.8, 4) is 0 Å². The van der Waals surface area contributed by atoms with E-state index in [-0.39, 0.29) is 17.9 Å². The van der Waals surface area contributed by atoms with Gasteiger partial charge in [-0.15, -0.1) is 11.3 Å². The highest BCUT2D eigenvalue weighted by Gasteiger charge is 2.19. The summed E-state index contributed by atoms with van der Waals surface area (Å²) in [4.78, 5) is 21.8. The molecule has 5 rings (SSSR count). The zero-order valence-electron chi connectivity index (χ0n) is 15.5. The number of hydrogen-bond donors (Lipinski definition) is 2. The highest BCUT2D eigenvalue weighted by Crippen LogP contribution is 2.31. The van der Waals surface area contributed by atoms with Crippen LogP contribution in [0.1, 0.15) is 17.1 Å². The Bertz CT molecular complexity index is 1330. The molecule has 148 valence electrons. The summed E-state index contributed by atoms with van der Waals surface area (Å²) < 4.78 is 17.5. The number of hydrogen-bond acceptors (Lipinski definition) is 8. The Morgan fingerprint density at radius 2 is 2.21 bits per heavy atom. The fourth-order valence-electron chi connectivity index (χ4n) is 3.55. The Hall–Kier alpha value is -3.34. The first-order chi connectivity index (χ1) is 14.0. The van der Waals surface area contributed by atoms with Crippen molar-refractivity contribution in [2.75, 3.05) is 12.3 Å². The molecule has 0 aliphatic carbocycles. The van der Waals surface area contributed by atoms with Gasteiger partial charge in [0.05, 0.1) is 23.1 Å². The van der Waals surface area contributed by atoms with E-state index in [9.17, 15) is 9.18 Å². The van der Waals surface area contributed by atoms with Crippen molar-refractivity contribution in [1.82, 2.24) is 29.7 Å². The van der Waals surface area contributed by atoms with Crippen LogP contribution in [-0.2, 0) is 20.0 Å². The van der Waals surface area contributed by atoms with E-state index in [1.165, 1.54) is 10.7 Å². The number of anilines is 1. The Morgan fingerprint density at radius 1 is 1.34 bits per heavy atom. The zero-order valence-corrected chi connectivity index (χ0v) is 16.3. The van der Waals surface area contributed by atoms with E-state index in [4.69, 9.17) is 10.7 Å². The summed E-state index contributed by atoms with van der Waals surface area (Å²) >= 11 is 1.55. The van der Waals surface area contributed by atoms with Crippen LogP contribution in [0.15, 0.2) is 28.2 Å². The van der Waals surface area contributed by atoms with Gasteiger partial charge < -0.3 is 15.7 Å². The summed E-state index contributed by atoms with van der Waals surface area (Å²) in [5, 5.41) is 10.2. The zero-order chi connectivity index (χ0) is 20.1. The topological polar surface area (TPSA) is 116 Å². The van der Waals surface area contributed by atoms with E-state index >= 15 is 0 Å². The molecule has 29 heavy (non-hydrogen) atoms. The minimum Gasteiger partial charge on any atom is -0.384 e. The molecule has 3 N–H and O–H groups in total. The van der Waals surface area contributed by atoms with Crippen LogP contribution in [0.2, 0.25) is 0 Å². The van der Waals surface area contributed by atoms with Crippen molar-refractivity contribution in [3.05, 3.63) is 45.2 Å². The average Bonchev–Trinajstić information content (AvgIpc) is 3.36. The molecule has 0 amide bonds. The maximum atomic E-state index is 13.6. The predicted octanol–water partition coefficient (Wildman–Crippen LogP) is 1.40. The summed E-state index contributed by atoms with van der Waals surface area (Å²) in [7, 11) is 1.81. The number of rotatable bonds is 4. The van der Waals surface area contributed by atoms with Crippen molar-refractivity contribution >= 4 is 44.1 Å². The van der Waals surface area contributed by atoms with Crippen molar-refractivity contribution < 1.29 is 4.39 Å². The number of fused-ring (bicyclic) bond motifs is 3. The third kappa shape index (κ3) is 3.03. The molecule has 1 aliphatic heterocycles. The molecule has 9 nitrogen and oxygen atoms in total. The fraction of sp³-hybridized carbons (Fsp3) is 0.278. The molecule has 0 radical (unpaired) electrons. The second-order valence-electron chi connectivity index (χ2n) is 6.90. The number of aryl methyl sites for hydroxylation is 1. The van der Waals surface area contributed by atoms with Gasteiger partial charge in [-0.25, -0.2) is 19.0 Å². The maximum Gasteiger partial charge on any atom is 0.291 e. The minimum atomic E-state index is -0.500. The molecule has 0 unspecified atom stereocenters. The molecular weight excluding hydrogens is 395 g/mol. The molecule has 4 aromatic rings. The third-order valence-electron chi connectivity index (χ3n) is 4.86. The van der Waals surface area contributed by atoms with E-state index in [0.29, 0.717) is 17.6 Å². The van der Waals surface area contributed by atoms with E-state index in [0.717, 1.165) is 45.5 Å². The molecule has 0 fully saturated rings. The van der Waals surface area contributed by atoms with Gasteiger partial charge in [-0.1, -0.05) is 0 Å². The summed E-state index contributed by atoms with van der Waals surface area (Å²) in [5.41, 5.74) is 10.9. The number of nitrogens with one attached hydrogen (secondary N) is 1. The lowest BCUT2D eigenvalue weighted by Gasteiger charge is -2.06. The largest absolute Gasteiger partial charge is 0.384 e. The van der Waals surface area contributed by atoms with Crippen molar-refractivity contribution in [3.63, 3.8) is 0 Å². The lowest BCUT2D eigenvalue weighted by molar-refractivity contribution is 0.604. The second-order valence-corrected chi connectivity index (χ2v) is 7.99. The highest BCUT2D eigenvalue weighted by molar-refractivity contribution is 7.19. The fourth-order valence-corrected chi connectivity index (χ4v) is 4.69. The van der Waals surface area contributed by atoms with Crippen molar-refractivity contribution in [1.29, 1.82) is 0 Å². The normalized spacial score (nSPS) is 13.9.